The molecule has 156 valence electrons. The highest BCUT2D eigenvalue weighted by Gasteiger charge is 2.46. The highest BCUT2D eigenvalue weighted by Crippen LogP contribution is 2.43. The Balaban J connectivity index is 1.77. The van der Waals surface area contributed by atoms with Gasteiger partial charge in [0.25, 0.3) is 5.91 Å². The van der Waals surface area contributed by atoms with Crippen LogP contribution in [0.25, 0.3) is 0 Å². The van der Waals surface area contributed by atoms with Crippen LogP contribution in [0.4, 0.5) is 5.69 Å². The molecule has 0 saturated carbocycles. The van der Waals surface area contributed by atoms with Gasteiger partial charge in [-0.3, -0.25) is 14.4 Å². The minimum atomic E-state index is -0.699. The quantitative estimate of drug-likeness (QED) is 0.636. The predicted molar refractivity (Wildman–Crippen MR) is 113 cm³/mol. The number of ether oxygens (including phenoxy) is 1. The van der Waals surface area contributed by atoms with E-state index in [9.17, 15) is 14.4 Å². The fourth-order valence-corrected chi connectivity index (χ4v) is 4.31. The van der Waals surface area contributed by atoms with Crippen molar-refractivity contribution in [1.29, 1.82) is 5.26 Å². The molecule has 1 fully saturated rings. The second-order valence-electron chi connectivity index (χ2n) is 7.20. The van der Waals surface area contributed by atoms with E-state index in [1.165, 1.54) is 16.2 Å². The monoisotopic (exact) mass is 425 g/mol. The molecule has 8 heteroatoms. The van der Waals surface area contributed by atoms with Crippen LogP contribution in [0.3, 0.4) is 0 Å². The predicted octanol–water partition coefficient (Wildman–Crippen LogP) is 3.07. The van der Waals surface area contributed by atoms with E-state index in [1.54, 1.807) is 11.9 Å². The molecule has 30 heavy (non-hydrogen) atoms. The minimum absolute atomic E-state index is 0.0216. The molecule has 1 aromatic heterocycles. The number of hydrogen-bond donors (Lipinski definition) is 0. The van der Waals surface area contributed by atoms with E-state index in [1.807, 2.05) is 54.8 Å². The van der Waals surface area contributed by atoms with E-state index in [-0.39, 0.29) is 31.2 Å². The lowest BCUT2D eigenvalue weighted by Gasteiger charge is -2.27. The first-order valence-corrected chi connectivity index (χ1v) is 10.5. The number of amides is 2. The number of hydrogen-bond acceptors (Lipinski definition) is 6. The largest absolute Gasteiger partial charge is 0.455 e. The van der Waals surface area contributed by atoms with Crippen molar-refractivity contribution in [2.75, 3.05) is 25.1 Å². The van der Waals surface area contributed by atoms with Crippen LogP contribution in [0, 0.1) is 24.2 Å². The zero-order chi connectivity index (χ0) is 21.7. The van der Waals surface area contributed by atoms with Crippen LogP contribution in [0.5, 0.6) is 0 Å². The van der Waals surface area contributed by atoms with Gasteiger partial charge >= 0.3 is 5.97 Å². The van der Waals surface area contributed by atoms with Crippen molar-refractivity contribution in [3.05, 3.63) is 52.2 Å². The second kappa shape index (κ2) is 9.55. The standard InChI is InChI=1S/C22H23N3O4S/c1-15-6-8-16(9-7-15)25-19(26)13-17(21(25)18-5-3-12-30-18)22(28)29-14-20(27)24(2)11-4-10-23/h3,5-9,12,17,21H,4,11,13-14H2,1-2H3/t17-,21+/m0/s1. The van der Waals surface area contributed by atoms with Crippen LogP contribution in [0.1, 0.15) is 29.3 Å². The van der Waals surface area contributed by atoms with Crippen LogP contribution < -0.4 is 4.90 Å². The van der Waals surface area contributed by atoms with E-state index in [0.717, 1.165) is 16.1 Å². The van der Waals surface area contributed by atoms with E-state index in [2.05, 4.69) is 0 Å². The van der Waals surface area contributed by atoms with Crippen molar-refractivity contribution in [2.24, 2.45) is 5.92 Å². The normalized spacial score (nSPS) is 18.2. The van der Waals surface area contributed by atoms with Crippen molar-refractivity contribution in [3.63, 3.8) is 0 Å². The molecule has 3 rings (SSSR count). The van der Waals surface area contributed by atoms with Crippen LogP contribution in [0.15, 0.2) is 41.8 Å². The summed E-state index contributed by atoms with van der Waals surface area (Å²) in [7, 11) is 1.56. The Morgan fingerprint density at radius 2 is 2.03 bits per heavy atom. The molecule has 2 aromatic rings. The van der Waals surface area contributed by atoms with Gasteiger partial charge in [-0.05, 0) is 30.5 Å². The van der Waals surface area contributed by atoms with E-state index >= 15 is 0 Å². The van der Waals surface area contributed by atoms with Gasteiger partial charge in [-0.25, -0.2) is 0 Å². The molecule has 7 nitrogen and oxygen atoms in total. The van der Waals surface area contributed by atoms with Gasteiger partial charge in [0.1, 0.15) is 0 Å². The zero-order valence-corrected chi connectivity index (χ0v) is 17.7. The van der Waals surface area contributed by atoms with E-state index in [0.29, 0.717) is 0 Å². The van der Waals surface area contributed by atoms with E-state index < -0.39 is 24.5 Å². The Kier molecular flexibility index (Phi) is 6.85. The molecular formula is C22H23N3O4S. The van der Waals surface area contributed by atoms with Crippen LogP contribution in [0.2, 0.25) is 0 Å². The molecular weight excluding hydrogens is 402 g/mol. The maximum Gasteiger partial charge on any atom is 0.312 e. The molecule has 1 aliphatic rings. The number of anilines is 1. The minimum Gasteiger partial charge on any atom is -0.455 e. The number of nitriles is 1. The lowest BCUT2D eigenvalue weighted by Crippen LogP contribution is -2.34. The first-order valence-electron chi connectivity index (χ1n) is 9.62. The molecule has 0 unspecified atom stereocenters. The Bertz CT molecular complexity index is 950. The molecule has 2 atom stereocenters. The summed E-state index contributed by atoms with van der Waals surface area (Å²) in [4.78, 5) is 41.7. The summed E-state index contributed by atoms with van der Waals surface area (Å²) in [5.41, 5.74) is 1.81. The maximum atomic E-state index is 12.9. The van der Waals surface area contributed by atoms with Crippen molar-refractivity contribution >= 4 is 34.8 Å². The number of nitrogens with zero attached hydrogens (tertiary/aromatic N) is 3. The van der Waals surface area contributed by atoms with Gasteiger partial charge in [0, 0.05) is 30.6 Å². The number of thiophene rings is 1. The molecule has 1 saturated heterocycles. The highest BCUT2D eigenvalue weighted by molar-refractivity contribution is 7.10. The number of aryl methyl sites for hydroxylation is 1. The highest BCUT2D eigenvalue weighted by atomic mass is 32.1. The topological polar surface area (TPSA) is 90.7 Å². The van der Waals surface area contributed by atoms with Crippen molar-refractivity contribution in [2.45, 2.75) is 25.8 Å². The number of likely N-dealkylation sites (N-methyl/N-ethyl adjacent to an activating group) is 1. The molecule has 2 amide bonds. The Hall–Kier alpha value is -3.18. The van der Waals surface area contributed by atoms with Gasteiger partial charge < -0.3 is 14.5 Å². The Morgan fingerprint density at radius 3 is 2.67 bits per heavy atom. The summed E-state index contributed by atoms with van der Waals surface area (Å²) in [6, 6.07) is 12.9. The third-order valence-electron chi connectivity index (χ3n) is 5.09. The summed E-state index contributed by atoms with van der Waals surface area (Å²) in [5, 5.41) is 10.5. The van der Waals surface area contributed by atoms with Crippen molar-refractivity contribution in [3.8, 4) is 6.07 Å². The van der Waals surface area contributed by atoms with Crippen LogP contribution in [-0.4, -0.2) is 42.9 Å². The van der Waals surface area contributed by atoms with Crippen molar-refractivity contribution < 1.29 is 19.1 Å². The summed E-state index contributed by atoms with van der Waals surface area (Å²) in [6.07, 6.45) is 0.229. The van der Waals surface area contributed by atoms with Gasteiger partial charge in [0.15, 0.2) is 6.61 Å². The summed E-state index contributed by atoms with van der Waals surface area (Å²) >= 11 is 1.48. The maximum absolute atomic E-state index is 12.9. The molecule has 0 N–H and O–H groups in total. The molecule has 1 aromatic carbocycles. The van der Waals surface area contributed by atoms with Gasteiger partial charge in [-0.15, -0.1) is 11.3 Å². The smallest absolute Gasteiger partial charge is 0.312 e. The second-order valence-corrected chi connectivity index (χ2v) is 8.18. The molecule has 0 spiro atoms. The lowest BCUT2D eigenvalue weighted by molar-refractivity contribution is -0.155. The van der Waals surface area contributed by atoms with Crippen molar-refractivity contribution in [1.82, 2.24) is 4.90 Å². The zero-order valence-electron chi connectivity index (χ0n) is 16.9. The summed E-state index contributed by atoms with van der Waals surface area (Å²) in [5.74, 6) is -1.81. The molecule has 0 bridgehead atoms. The number of carbonyl (C=O) groups excluding carboxylic acids is 3. The Labute approximate surface area is 179 Å². The Morgan fingerprint density at radius 1 is 1.30 bits per heavy atom. The first kappa shape index (κ1) is 21.5. The van der Waals surface area contributed by atoms with Gasteiger partial charge in [0.2, 0.25) is 5.91 Å². The lowest BCUT2D eigenvalue weighted by atomic mass is 9.99. The van der Waals surface area contributed by atoms with E-state index in [4.69, 9.17) is 10.00 Å². The third kappa shape index (κ3) is 4.69. The number of carbonyl (C=O) groups is 3. The first-order chi connectivity index (χ1) is 14.4. The number of rotatable bonds is 7. The van der Waals surface area contributed by atoms with Gasteiger partial charge in [0.05, 0.1) is 24.4 Å². The fourth-order valence-electron chi connectivity index (χ4n) is 3.43. The molecule has 2 heterocycles. The van der Waals surface area contributed by atoms with Gasteiger partial charge in [-0.1, -0.05) is 23.8 Å². The average molecular weight is 426 g/mol. The van der Waals surface area contributed by atoms with Crippen LogP contribution >= 0.6 is 11.3 Å². The SMILES string of the molecule is Cc1ccc(N2C(=O)C[C@H](C(=O)OCC(=O)N(C)CCC#N)[C@@H]2c2cccs2)cc1. The summed E-state index contributed by atoms with van der Waals surface area (Å²) in [6.45, 7) is 1.83. The number of benzene rings is 1. The van der Waals surface area contributed by atoms with Gasteiger partial charge in [-0.2, -0.15) is 5.26 Å². The number of esters is 1. The third-order valence-corrected chi connectivity index (χ3v) is 6.04. The summed E-state index contributed by atoms with van der Waals surface area (Å²) < 4.78 is 5.28. The van der Waals surface area contributed by atoms with Crippen LogP contribution in [-0.2, 0) is 19.1 Å². The molecule has 0 aliphatic carbocycles. The molecule has 0 radical (unpaired) electrons. The fraction of sp³-hybridized carbons (Fsp3) is 0.364. The average Bonchev–Trinajstić information content (AvgIpc) is 3.38. The molecule has 1 aliphatic heterocycles.